The summed E-state index contributed by atoms with van der Waals surface area (Å²) >= 11 is 0. The van der Waals surface area contributed by atoms with E-state index in [0.717, 1.165) is 43.4 Å². The number of carbonyl (C=O) groups is 2. The molecule has 9 atom stereocenters. The molecule has 0 amide bonds. The van der Waals surface area contributed by atoms with Gasteiger partial charge in [0.05, 0.1) is 0 Å². The van der Waals surface area contributed by atoms with Gasteiger partial charge in [-0.3, -0.25) is 9.59 Å². The summed E-state index contributed by atoms with van der Waals surface area (Å²) in [7, 11) is 0. The molecule has 144 valence electrons. The Bertz CT molecular complexity index is 843. The molecule has 1 aliphatic heterocycles. The molecule has 3 nitrogen and oxygen atoms in total. The van der Waals surface area contributed by atoms with E-state index in [0.29, 0.717) is 29.5 Å². The Morgan fingerprint density at radius 1 is 1.07 bits per heavy atom. The third-order valence-corrected chi connectivity index (χ3v) is 11.2. The Labute approximate surface area is 161 Å². The number of fused-ring (bicyclic) bond motifs is 7. The number of ketones is 1. The number of carbonyl (C=O) groups excluding carboxylic acids is 2. The van der Waals surface area contributed by atoms with Gasteiger partial charge in [0.15, 0.2) is 5.78 Å². The summed E-state index contributed by atoms with van der Waals surface area (Å²) in [5, 5.41) is 0. The van der Waals surface area contributed by atoms with Crippen LogP contribution in [-0.4, -0.2) is 17.4 Å². The van der Waals surface area contributed by atoms with Crippen molar-refractivity contribution in [2.45, 2.75) is 77.2 Å². The summed E-state index contributed by atoms with van der Waals surface area (Å²) in [6.07, 6.45) is 11.8. The topological polar surface area (TPSA) is 43.4 Å². The molecule has 1 heterocycles. The molecular formula is C24H30O3. The van der Waals surface area contributed by atoms with Crippen molar-refractivity contribution < 1.29 is 14.3 Å². The molecule has 6 aliphatic carbocycles. The van der Waals surface area contributed by atoms with E-state index in [1.807, 2.05) is 0 Å². The molecule has 5 saturated carbocycles. The molecule has 3 heteroatoms. The van der Waals surface area contributed by atoms with Crippen molar-refractivity contribution >= 4 is 11.8 Å². The predicted molar refractivity (Wildman–Crippen MR) is 99.6 cm³/mol. The fourth-order valence-corrected chi connectivity index (χ4v) is 9.96. The number of hydrogen-bond acceptors (Lipinski definition) is 3. The Kier molecular flexibility index (Phi) is 2.47. The average Bonchev–Trinajstić information content (AvgIpc) is 3.49. The Balaban J connectivity index is 1.36. The van der Waals surface area contributed by atoms with Gasteiger partial charge in [-0.2, -0.15) is 0 Å². The first-order valence-electron chi connectivity index (χ1n) is 11.3. The molecule has 0 aromatic heterocycles. The van der Waals surface area contributed by atoms with Crippen molar-refractivity contribution in [2.75, 3.05) is 0 Å². The average molecular weight is 367 g/mol. The largest absolute Gasteiger partial charge is 0.458 e. The molecule has 0 bridgehead atoms. The lowest BCUT2D eigenvalue weighted by Crippen LogP contribution is -2.56. The lowest BCUT2D eigenvalue weighted by atomic mass is 9.45. The van der Waals surface area contributed by atoms with E-state index in [1.54, 1.807) is 5.57 Å². The van der Waals surface area contributed by atoms with Gasteiger partial charge in [-0.25, -0.2) is 0 Å². The van der Waals surface area contributed by atoms with Crippen molar-refractivity contribution in [1.82, 2.24) is 0 Å². The minimum atomic E-state index is -0.159. The predicted octanol–water partition coefficient (Wildman–Crippen LogP) is 4.45. The van der Waals surface area contributed by atoms with E-state index in [1.165, 1.54) is 25.7 Å². The summed E-state index contributed by atoms with van der Waals surface area (Å²) in [5.41, 5.74) is 2.29. The van der Waals surface area contributed by atoms with Crippen LogP contribution < -0.4 is 0 Å². The van der Waals surface area contributed by atoms with Crippen LogP contribution in [0.2, 0.25) is 0 Å². The van der Waals surface area contributed by atoms with Crippen molar-refractivity contribution in [3.8, 4) is 0 Å². The Morgan fingerprint density at radius 2 is 1.93 bits per heavy atom. The van der Waals surface area contributed by atoms with Crippen LogP contribution in [0.1, 0.15) is 71.6 Å². The molecule has 7 rings (SSSR count). The molecule has 0 N–H and O–H groups in total. The van der Waals surface area contributed by atoms with Gasteiger partial charge in [-0.15, -0.1) is 0 Å². The number of allylic oxidation sites excluding steroid dienone is 1. The van der Waals surface area contributed by atoms with Gasteiger partial charge in [-0.1, -0.05) is 19.4 Å². The molecule has 6 fully saturated rings. The summed E-state index contributed by atoms with van der Waals surface area (Å²) in [5.74, 6) is 4.20. The smallest absolute Gasteiger partial charge is 0.306 e. The second-order valence-electron chi connectivity index (χ2n) is 11.6. The van der Waals surface area contributed by atoms with Gasteiger partial charge >= 0.3 is 5.97 Å². The lowest BCUT2D eigenvalue weighted by molar-refractivity contribution is -0.169. The quantitative estimate of drug-likeness (QED) is 0.595. The minimum absolute atomic E-state index is 0.0421. The second kappa shape index (κ2) is 4.24. The van der Waals surface area contributed by atoms with E-state index in [2.05, 4.69) is 19.9 Å². The van der Waals surface area contributed by atoms with Gasteiger partial charge in [0.25, 0.3) is 0 Å². The molecule has 27 heavy (non-hydrogen) atoms. The van der Waals surface area contributed by atoms with E-state index in [-0.39, 0.29) is 22.4 Å². The number of ether oxygens (including phenoxy) is 1. The second-order valence-corrected chi connectivity index (χ2v) is 11.6. The van der Waals surface area contributed by atoms with Gasteiger partial charge < -0.3 is 4.74 Å². The molecule has 2 spiro atoms. The highest BCUT2D eigenvalue weighted by atomic mass is 16.6. The fourth-order valence-electron chi connectivity index (χ4n) is 9.96. The molecule has 0 aromatic rings. The van der Waals surface area contributed by atoms with Crippen molar-refractivity contribution in [2.24, 2.45) is 45.8 Å². The number of hydrogen-bond donors (Lipinski definition) is 0. The van der Waals surface area contributed by atoms with Crippen LogP contribution in [0, 0.1) is 45.8 Å². The summed E-state index contributed by atoms with van der Waals surface area (Å²) in [6.45, 7) is 5.01. The molecule has 7 aliphatic rings. The van der Waals surface area contributed by atoms with Crippen LogP contribution in [0.25, 0.3) is 0 Å². The molecule has 0 aromatic carbocycles. The maximum atomic E-state index is 12.2. The molecule has 0 radical (unpaired) electrons. The molecular weight excluding hydrogens is 336 g/mol. The SMILES string of the molecule is CC12CC3C[C@@]34C(C3CC3C3=CC(=O)CCC34C)C1CC[C@@]21CCC(=O)O1. The summed E-state index contributed by atoms with van der Waals surface area (Å²) in [6, 6.07) is 0. The third kappa shape index (κ3) is 1.48. The molecule has 7 unspecified atom stereocenters. The standard InChI is InChI=1S/C24H30O3/c1-21-6-3-14(25)9-18(21)15-10-16(15)20-17-4-7-23(8-5-19(26)27-23)22(17,2)11-13-12-24(13,20)21/h9,13,15-17,20H,3-8,10-12H2,1-2H3/t13?,15?,16?,17?,20?,21?,22?,23-,24+/m1/s1. The van der Waals surface area contributed by atoms with Crippen LogP contribution in [0.4, 0.5) is 0 Å². The van der Waals surface area contributed by atoms with Crippen molar-refractivity contribution in [3.05, 3.63) is 11.6 Å². The molecule has 1 saturated heterocycles. The summed E-state index contributed by atoms with van der Waals surface area (Å²) in [4.78, 5) is 24.3. The Hall–Kier alpha value is -1.12. The highest BCUT2D eigenvalue weighted by molar-refractivity contribution is 5.92. The monoisotopic (exact) mass is 366 g/mol. The summed E-state index contributed by atoms with van der Waals surface area (Å²) < 4.78 is 6.13. The Morgan fingerprint density at radius 3 is 2.70 bits per heavy atom. The van der Waals surface area contributed by atoms with Gasteiger partial charge in [0.1, 0.15) is 5.60 Å². The zero-order valence-electron chi connectivity index (χ0n) is 16.6. The lowest BCUT2D eigenvalue weighted by Gasteiger charge is -2.59. The zero-order valence-corrected chi connectivity index (χ0v) is 16.6. The first-order valence-corrected chi connectivity index (χ1v) is 11.3. The number of rotatable bonds is 0. The first kappa shape index (κ1) is 15.8. The third-order valence-electron chi connectivity index (χ3n) is 11.2. The van der Waals surface area contributed by atoms with E-state index in [4.69, 9.17) is 4.74 Å². The first-order chi connectivity index (χ1) is 12.8. The van der Waals surface area contributed by atoms with Crippen molar-refractivity contribution in [1.29, 1.82) is 0 Å². The maximum Gasteiger partial charge on any atom is 0.306 e. The van der Waals surface area contributed by atoms with Gasteiger partial charge in [0, 0.05) is 18.3 Å². The van der Waals surface area contributed by atoms with E-state index in [9.17, 15) is 9.59 Å². The normalized spacial score (nSPS) is 62.0. The van der Waals surface area contributed by atoms with E-state index >= 15 is 0 Å². The van der Waals surface area contributed by atoms with Crippen LogP contribution in [0.5, 0.6) is 0 Å². The van der Waals surface area contributed by atoms with Crippen LogP contribution in [0.3, 0.4) is 0 Å². The zero-order chi connectivity index (χ0) is 18.4. The van der Waals surface area contributed by atoms with Crippen molar-refractivity contribution in [3.63, 3.8) is 0 Å². The van der Waals surface area contributed by atoms with Gasteiger partial charge in [0.2, 0.25) is 0 Å². The van der Waals surface area contributed by atoms with Gasteiger partial charge in [-0.05, 0) is 91.4 Å². The van der Waals surface area contributed by atoms with E-state index < -0.39 is 0 Å². The van der Waals surface area contributed by atoms with Crippen LogP contribution in [0.15, 0.2) is 11.6 Å². The maximum absolute atomic E-state index is 12.2. The highest BCUT2D eigenvalue weighted by Gasteiger charge is 2.83. The number of esters is 1. The minimum Gasteiger partial charge on any atom is -0.458 e. The fraction of sp³-hybridized carbons (Fsp3) is 0.833. The van der Waals surface area contributed by atoms with Crippen LogP contribution in [-0.2, 0) is 14.3 Å². The highest BCUT2D eigenvalue weighted by Crippen LogP contribution is 2.88. The van der Waals surface area contributed by atoms with Crippen LogP contribution >= 0.6 is 0 Å².